The van der Waals surface area contributed by atoms with Crippen molar-refractivity contribution in [2.24, 2.45) is 10.9 Å². The highest BCUT2D eigenvalue weighted by molar-refractivity contribution is 5.80. The van der Waals surface area contributed by atoms with Crippen LogP contribution in [0.1, 0.15) is 25.8 Å². The van der Waals surface area contributed by atoms with Gasteiger partial charge in [-0.1, -0.05) is 13.0 Å². The van der Waals surface area contributed by atoms with Gasteiger partial charge < -0.3 is 24.8 Å². The molecule has 2 unspecified atom stereocenters. The van der Waals surface area contributed by atoms with Gasteiger partial charge in [-0.15, -0.1) is 0 Å². The molecule has 0 aromatic heterocycles. The minimum Gasteiger partial charge on any atom is -0.493 e. The molecule has 0 saturated heterocycles. The van der Waals surface area contributed by atoms with Crippen LogP contribution in [0.3, 0.4) is 0 Å². The van der Waals surface area contributed by atoms with Gasteiger partial charge in [0.25, 0.3) is 0 Å². The van der Waals surface area contributed by atoms with E-state index in [1.807, 2.05) is 12.1 Å². The first kappa shape index (κ1) is 18.2. The van der Waals surface area contributed by atoms with Crippen molar-refractivity contribution in [3.8, 4) is 17.2 Å². The molecule has 6 nitrogen and oxygen atoms in total. The second-order valence-electron chi connectivity index (χ2n) is 5.97. The van der Waals surface area contributed by atoms with E-state index in [4.69, 9.17) is 14.2 Å². The summed E-state index contributed by atoms with van der Waals surface area (Å²) in [6.45, 7) is 5.84. The largest absolute Gasteiger partial charge is 0.493 e. The van der Waals surface area contributed by atoms with E-state index in [0.717, 1.165) is 30.4 Å². The molecule has 1 aliphatic rings. The third-order valence-electron chi connectivity index (χ3n) is 4.21. The SMILES string of the molecule is CCNC(=NCCc1ccc(OC)c(OC)c1OC)NC1CC1C. The molecule has 0 aliphatic heterocycles. The summed E-state index contributed by atoms with van der Waals surface area (Å²) in [4.78, 5) is 4.66. The molecule has 1 aliphatic carbocycles. The Kier molecular flexibility index (Phi) is 6.58. The van der Waals surface area contributed by atoms with Crippen LogP contribution >= 0.6 is 0 Å². The third kappa shape index (κ3) is 4.46. The molecule has 1 saturated carbocycles. The van der Waals surface area contributed by atoms with E-state index in [-0.39, 0.29) is 0 Å². The number of hydrogen-bond donors (Lipinski definition) is 2. The molecule has 2 atom stereocenters. The fourth-order valence-corrected chi connectivity index (χ4v) is 2.67. The smallest absolute Gasteiger partial charge is 0.203 e. The van der Waals surface area contributed by atoms with E-state index in [9.17, 15) is 0 Å². The summed E-state index contributed by atoms with van der Waals surface area (Å²) in [5.74, 6) is 3.62. The van der Waals surface area contributed by atoms with Gasteiger partial charge in [0.15, 0.2) is 17.5 Å². The van der Waals surface area contributed by atoms with Crippen molar-refractivity contribution in [2.75, 3.05) is 34.4 Å². The van der Waals surface area contributed by atoms with Crippen LogP contribution in [-0.2, 0) is 6.42 Å². The van der Waals surface area contributed by atoms with Gasteiger partial charge in [0, 0.05) is 24.7 Å². The van der Waals surface area contributed by atoms with Gasteiger partial charge in [-0.2, -0.15) is 0 Å². The first-order chi connectivity index (χ1) is 11.6. The number of guanidine groups is 1. The van der Waals surface area contributed by atoms with E-state index >= 15 is 0 Å². The molecule has 24 heavy (non-hydrogen) atoms. The monoisotopic (exact) mass is 335 g/mol. The van der Waals surface area contributed by atoms with Crippen LogP contribution in [0.25, 0.3) is 0 Å². The van der Waals surface area contributed by atoms with Crippen LogP contribution < -0.4 is 24.8 Å². The molecular formula is C18H29N3O3. The summed E-state index contributed by atoms with van der Waals surface area (Å²) >= 11 is 0. The lowest BCUT2D eigenvalue weighted by Crippen LogP contribution is -2.39. The number of methoxy groups -OCH3 is 3. The maximum atomic E-state index is 5.52. The highest BCUT2D eigenvalue weighted by atomic mass is 16.5. The number of aliphatic imine (C=N–C) groups is 1. The van der Waals surface area contributed by atoms with Crippen LogP contribution in [0.5, 0.6) is 17.2 Å². The summed E-state index contributed by atoms with van der Waals surface area (Å²) in [6.07, 6.45) is 1.98. The van der Waals surface area contributed by atoms with Crippen LogP contribution in [0.2, 0.25) is 0 Å². The highest BCUT2D eigenvalue weighted by Crippen LogP contribution is 2.39. The molecule has 1 aromatic carbocycles. The Bertz CT molecular complexity index is 575. The van der Waals surface area contributed by atoms with E-state index in [0.29, 0.717) is 29.8 Å². The van der Waals surface area contributed by atoms with Crippen LogP contribution in [0, 0.1) is 5.92 Å². The van der Waals surface area contributed by atoms with Crippen LogP contribution in [0.4, 0.5) is 0 Å². The molecule has 0 bridgehead atoms. The van der Waals surface area contributed by atoms with Gasteiger partial charge >= 0.3 is 0 Å². The van der Waals surface area contributed by atoms with Crippen molar-refractivity contribution in [2.45, 2.75) is 32.7 Å². The van der Waals surface area contributed by atoms with Crippen molar-refractivity contribution < 1.29 is 14.2 Å². The fraction of sp³-hybridized carbons (Fsp3) is 0.611. The van der Waals surface area contributed by atoms with Gasteiger partial charge in [-0.25, -0.2) is 0 Å². The maximum absolute atomic E-state index is 5.52. The first-order valence-electron chi connectivity index (χ1n) is 8.47. The van der Waals surface area contributed by atoms with E-state index < -0.39 is 0 Å². The van der Waals surface area contributed by atoms with Crippen molar-refractivity contribution >= 4 is 5.96 Å². The van der Waals surface area contributed by atoms with Crippen molar-refractivity contribution in [3.63, 3.8) is 0 Å². The fourth-order valence-electron chi connectivity index (χ4n) is 2.67. The average molecular weight is 335 g/mol. The number of nitrogens with zero attached hydrogens (tertiary/aromatic N) is 1. The van der Waals surface area contributed by atoms with Crippen molar-refractivity contribution in [3.05, 3.63) is 17.7 Å². The number of ether oxygens (including phenoxy) is 3. The zero-order chi connectivity index (χ0) is 17.5. The number of hydrogen-bond acceptors (Lipinski definition) is 4. The lowest BCUT2D eigenvalue weighted by atomic mass is 10.1. The summed E-state index contributed by atoms with van der Waals surface area (Å²) in [7, 11) is 4.88. The summed E-state index contributed by atoms with van der Waals surface area (Å²) < 4.78 is 16.3. The Morgan fingerprint density at radius 3 is 2.42 bits per heavy atom. The Morgan fingerprint density at radius 1 is 1.17 bits per heavy atom. The standard InChI is InChI=1S/C18H29N3O3/c1-6-19-18(21-14-11-12(14)2)20-10-9-13-7-8-15(22-3)17(24-5)16(13)23-4/h7-8,12,14H,6,9-11H2,1-5H3,(H2,19,20,21). The van der Waals surface area contributed by atoms with Crippen LogP contribution in [0.15, 0.2) is 17.1 Å². The van der Waals surface area contributed by atoms with Crippen molar-refractivity contribution in [1.82, 2.24) is 10.6 Å². The Balaban J connectivity index is 2.05. The lowest BCUT2D eigenvalue weighted by molar-refractivity contribution is 0.322. The molecule has 0 amide bonds. The third-order valence-corrected chi connectivity index (χ3v) is 4.21. The van der Waals surface area contributed by atoms with Gasteiger partial charge in [-0.05, 0) is 31.7 Å². The summed E-state index contributed by atoms with van der Waals surface area (Å²) in [6, 6.07) is 4.45. The minimum absolute atomic E-state index is 0.554. The van der Waals surface area contributed by atoms with Gasteiger partial charge in [0.1, 0.15) is 0 Å². The number of benzene rings is 1. The maximum Gasteiger partial charge on any atom is 0.203 e. The molecule has 0 heterocycles. The normalized spacial score (nSPS) is 19.6. The summed E-state index contributed by atoms with van der Waals surface area (Å²) in [5.41, 5.74) is 1.05. The first-order valence-corrected chi connectivity index (χ1v) is 8.47. The van der Waals surface area contributed by atoms with E-state index in [2.05, 4.69) is 29.5 Å². The van der Waals surface area contributed by atoms with E-state index in [1.54, 1.807) is 21.3 Å². The highest BCUT2D eigenvalue weighted by Gasteiger charge is 2.33. The Labute approximate surface area is 144 Å². The average Bonchev–Trinajstić information content (AvgIpc) is 3.28. The molecule has 0 radical (unpaired) electrons. The summed E-state index contributed by atoms with van der Waals surface area (Å²) in [5, 5.41) is 6.75. The zero-order valence-electron chi connectivity index (χ0n) is 15.3. The number of nitrogens with one attached hydrogen (secondary N) is 2. The van der Waals surface area contributed by atoms with Gasteiger partial charge in [0.05, 0.1) is 21.3 Å². The lowest BCUT2D eigenvalue weighted by Gasteiger charge is -2.15. The van der Waals surface area contributed by atoms with Gasteiger partial charge in [0.2, 0.25) is 5.75 Å². The molecule has 6 heteroatoms. The van der Waals surface area contributed by atoms with Crippen molar-refractivity contribution in [1.29, 1.82) is 0 Å². The minimum atomic E-state index is 0.554. The predicted molar refractivity (Wildman–Crippen MR) is 96.5 cm³/mol. The van der Waals surface area contributed by atoms with E-state index in [1.165, 1.54) is 6.42 Å². The number of rotatable bonds is 8. The Morgan fingerprint density at radius 2 is 1.88 bits per heavy atom. The molecule has 0 spiro atoms. The zero-order valence-corrected chi connectivity index (χ0v) is 15.3. The van der Waals surface area contributed by atoms with Crippen LogP contribution in [-0.4, -0.2) is 46.4 Å². The molecular weight excluding hydrogens is 306 g/mol. The molecule has 2 rings (SSSR count). The Hall–Kier alpha value is -2.11. The second kappa shape index (κ2) is 8.66. The molecule has 1 fully saturated rings. The second-order valence-corrected chi connectivity index (χ2v) is 5.97. The van der Waals surface area contributed by atoms with Gasteiger partial charge in [-0.3, -0.25) is 4.99 Å². The molecule has 2 N–H and O–H groups in total. The topological polar surface area (TPSA) is 64.1 Å². The quantitative estimate of drug-likeness (QED) is 0.563. The molecule has 1 aromatic rings. The predicted octanol–water partition coefficient (Wildman–Crippen LogP) is 2.22. The molecule has 134 valence electrons.